The highest BCUT2D eigenvalue weighted by Crippen LogP contribution is 2.29. The molecule has 0 amide bonds. The number of hydrogen-bond donors (Lipinski definition) is 0. The molecule has 1 aromatic carbocycles. The number of alkyl halides is 3. The molecule has 0 saturated heterocycles. The highest BCUT2D eigenvalue weighted by Gasteiger charge is 2.30. The molecule has 0 aliphatic heterocycles. The standard InChI is InChI=1S/C18H23F3O4/c1-3-24-16(22)15(17(23)25-4-2)11-6-5-8-13-9-7-10-14(12-13)18(19,20)21/h7,9-10,12,15H,3-6,8,11H2,1-2H3. The minimum absolute atomic E-state index is 0.166. The number of carbonyl (C=O) groups excluding carboxylic acids is 2. The molecule has 0 saturated carbocycles. The average molecular weight is 360 g/mol. The molecule has 7 heteroatoms. The van der Waals surface area contributed by atoms with E-state index in [0.717, 1.165) is 12.1 Å². The van der Waals surface area contributed by atoms with E-state index in [0.29, 0.717) is 24.8 Å². The Morgan fingerprint density at radius 3 is 2.16 bits per heavy atom. The number of hydrogen-bond acceptors (Lipinski definition) is 4. The molecule has 0 fully saturated rings. The van der Waals surface area contributed by atoms with Gasteiger partial charge in [-0.05, 0) is 44.7 Å². The third kappa shape index (κ3) is 7.15. The Kier molecular flexibility index (Phi) is 8.45. The maximum atomic E-state index is 12.7. The largest absolute Gasteiger partial charge is 0.465 e. The fourth-order valence-corrected chi connectivity index (χ4v) is 2.40. The van der Waals surface area contributed by atoms with Crippen molar-refractivity contribution in [1.82, 2.24) is 0 Å². The molecule has 1 aromatic rings. The molecule has 0 atom stereocenters. The van der Waals surface area contributed by atoms with Crippen LogP contribution in [-0.2, 0) is 31.7 Å². The molecule has 0 bridgehead atoms. The van der Waals surface area contributed by atoms with Gasteiger partial charge in [-0.15, -0.1) is 0 Å². The smallest absolute Gasteiger partial charge is 0.416 e. The predicted molar refractivity (Wildman–Crippen MR) is 85.8 cm³/mol. The number of unbranched alkanes of at least 4 members (excludes halogenated alkanes) is 1. The molecule has 0 aliphatic carbocycles. The first-order valence-electron chi connectivity index (χ1n) is 8.29. The molecule has 4 nitrogen and oxygen atoms in total. The van der Waals surface area contributed by atoms with Gasteiger partial charge >= 0.3 is 18.1 Å². The average Bonchev–Trinajstić information content (AvgIpc) is 2.54. The third-order valence-corrected chi connectivity index (χ3v) is 3.60. The summed E-state index contributed by atoms with van der Waals surface area (Å²) < 4.78 is 47.8. The zero-order valence-corrected chi connectivity index (χ0v) is 14.4. The van der Waals surface area contributed by atoms with Gasteiger partial charge in [-0.25, -0.2) is 0 Å². The minimum Gasteiger partial charge on any atom is -0.465 e. The van der Waals surface area contributed by atoms with Crippen LogP contribution in [0.5, 0.6) is 0 Å². The van der Waals surface area contributed by atoms with Crippen LogP contribution >= 0.6 is 0 Å². The number of ether oxygens (including phenoxy) is 2. The van der Waals surface area contributed by atoms with Crippen LogP contribution in [-0.4, -0.2) is 25.2 Å². The van der Waals surface area contributed by atoms with Crippen LogP contribution in [0.3, 0.4) is 0 Å². The highest BCUT2D eigenvalue weighted by atomic mass is 19.4. The molecule has 0 radical (unpaired) electrons. The molecule has 0 spiro atoms. The van der Waals surface area contributed by atoms with Crippen molar-refractivity contribution in [2.45, 2.75) is 45.7 Å². The fourth-order valence-electron chi connectivity index (χ4n) is 2.40. The van der Waals surface area contributed by atoms with E-state index in [1.54, 1.807) is 19.9 Å². The Balaban J connectivity index is 2.56. The number of aryl methyl sites for hydroxylation is 1. The zero-order valence-electron chi connectivity index (χ0n) is 14.4. The van der Waals surface area contributed by atoms with E-state index < -0.39 is 29.6 Å². The number of rotatable bonds is 9. The number of benzene rings is 1. The predicted octanol–water partition coefficient (Wildman–Crippen LogP) is 4.16. The van der Waals surface area contributed by atoms with Gasteiger partial charge in [-0.3, -0.25) is 9.59 Å². The van der Waals surface area contributed by atoms with Crippen LogP contribution in [0, 0.1) is 5.92 Å². The summed E-state index contributed by atoms with van der Waals surface area (Å²) in [5, 5.41) is 0. The number of carbonyl (C=O) groups is 2. The van der Waals surface area contributed by atoms with Gasteiger partial charge in [0.2, 0.25) is 0 Å². The Hall–Kier alpha value is -2.05. The topological polar surface area (TPSA) is 52.6 Å². The maximum absolute atomic E-state index is 12.7. The van der Waals surface area contributed by atoms with Crippen molar-refractivity contribution in [2.75, 3.05) is 13.2 Å². The summed E-state index contributed by atoms with van der Waals surface area (Å²) in [7, 11) is 0. The van der Waals surface area contributed by atoms with Crippen molar-refractivity contribution in [3.63, 3.8) is 0 Å². The Morgan fingerprint density at radius 2 is 1.64 bits per heavy atom. The van der Waals surface area contributed by atoms with Crippen molar-refractivity contribution in [2.24, 2.45) is 5.92 Å². The first-order valence-corrected chi connectivity index (χ1v) is 8.29. The van der Waals surface area contributed by atoms with Gasteiger partial charge in [0, 0.05) is 0 Å². The molecule has 1 rings (SSSR count). The molecule has 0 aromatic heterocycles. The van der Waals surface area contributed by atoms with Crippen LogP contribution in [0.1, 0.15) is 44.2 Å². The van der Waals surface area contributed by atoms with Gasteiger partial charge in [0.25, 0.3) is 0 Å². The SMILES string of the molecule is CCOC(=O)C(CCCCc1cccc(C(F)(F)F)c1)C(=O)OCC. The second-order valence-electron chi connectivity index (χ2n) is 5.50. The second-order valence-corrected chi connectivity index (χ2v) is 5.50. The van der Waals surface area contributed by atoms with Crippen LogP contribution in [0.15, 0.2) is 24.3 Å². The fraction of sp³-hybridized carbons (Fsp3) is 0.556. The third-order valence-electron chi connectivity index (χ3n) is 3.60. The summed E-state index contributed by atoms with van der Waals surface area (Å²) in [5.74, 6) is -2.23. The number of halogens is 3. The molecular formula is C18H23F3O4. The Morgan fingerprint density at radius 1 is 1.04 bits per heavy atom. The Bertz CT molecular complexity index is 552. The van der Waals surface area contributed by atoms with E-state index in [1.165, 1.54) is 6.07 Å². The maximum Gasteiger partial charge on any atom is 0.416 e. The van der Waals surface area contributed by atoms with E-state index in [1.807, 2.05) is 0 Å². The van der Waals surface area contributed by atoms with Crippen molar-refractivity contribution >= 4 is 11.9 Å². The van der Waals surface area contributed by atoms with Crippen molar-refractivity contribution in [1.29, 1.82) is 0 Å². The summed E-state index contributed by atoms with van der Waals surface area (Å²) in [6.45, 7) is 3.62. The van der Waals surface area contributed by atoms with Crippen LogP contribution < -0.4 is 0 Å². The summed E-state index contributed by atoms with van der Waals surface area (Å²) >= 11 is 0. The summed E-state index contributed by atoms with van der Waals surface area (Å²) in [5.41, 5.74) is -0.112. The van der Waals surface area contributed by atoms with E-state index in [4.69, 9.17) is 9.47 Å². The van der Waals surface area contributed by atoms with Gasteiger partial charge in [0.05, 0.1) is 18.8 Å². The Labute approximate surface area is 145 Å². The minimum atomic E-state index is -4.37. The van der Waals surface area contributed by atoms with Gasteiger partial charge in [0.15, 0.2) is 5.92 Å². The van der Waals surface area contributed by atoms with Crippen LogP contribution in [0.2, 0.25) is 0 Å². The number of esters is 2. The van der Waals surface area contributed by atoms with Crippen molar-refractivity contribution in [3.8, 4) is 0 Å². The molecule has 0 aliphatic rings. The second kappa shape index (κ2) is 10.1. The van der Waals surface area contributed by atoms with Gasteiger partial charge in [-0.1, -0.05) is 24.6 Å². The molecule has 140 valence electrons. The van der Waals surface area contributed by atoms with Crippen molar-refractivity contribution in [3.05, 3.63) is 35.4 Å². The van der Waals surface area contributed by atoms with Gasteiger partial charge in [-0.2, -0.15) is 13.2 Å². The first-order chi connectivity index (χ1) is 11.8. The van der Waals surface area contributed by atoms with E-state index in [-0.39, 0.29) is 19.6 Å². The summed E-state index contributed by atoms with van der Waals surface area (Å²) in [6, 6.07) is 5.15. The molecule has 0 heterocycles. The highest BCUT2D eigenvalue weighted by molar-refractivity contribution is 5.94. The lowest BCUT2D eigenvalue weighted by Gasteiger charge is -2.14. The molecule has 25 heavy (non-hydrogen) atoms. The molecular weight excluding hydrogens is 337 g/mol. The van der Waals surface area contributed by atoms with Gasteiger partial charge < -0.3 is 9.47 Å². The van der Waals surface area contributed by atoms with E-state index >= 15 is 0 Å². The monoisotopic (exact) mass is 360 g/mol. The summed E-state index contributed by atoms with van der Waals surface area (Å²) in [4.78, 5) is 23.7. The normalized spacial score (nSPS) is 11.4. The quantitative estimate of drug-likeness (QED) is 0.377. The van der Waals surface area contributed by atoms with Crippen LogP contribution in [0.25, 0.3) is 0 Å². The lowest BCUT2D eigenvalue weighted by atomic mass is 9.99. The van der Waals surface area contributed by atoms with E-state index in [9.17, 15) is 22.8 Å². The molecule has 0 unspecified atom stereocenters. The lowest BCUT2D eigenvalue weighted by molar-refractivity contribution is -0.162. The first kappa shape index (κ1) is 21.0. The van der Waals surface area contributed by atoms with Crippen molar-refractivity contribution < 1.29 is 32.2 Å². The van der Waals surface area contributed by atoms with Crippen LogP contribution in [0.4, 0.5) is 13.2 Å². The summed E-state index contributed by atoms with van der Waals surface area (Å²) in [6.07, 6.45) is -2.64. The van der Waals surface area contributed by atoms with E-state index in [2.05, 4.69) is 0 Å². The van der Waals surface area contributed by atoms with Gasteiger partial charge in [0.1, 0.15) is 0 Å². The zero-order chi connectivity index (χ0) is 18.9. The molecule has 0 N–H and O–H groups in total. The lowest BCUT2D eigenvalue weighted by Crippen LogP contribution is -2.28.